The predicted octanol–water partition coefficient (Wildman–Crippen LogP) is 3.14. The molecule has 5 rings (SSSR count). The number of nitrogens with one attached hydrogen (secondary N) is 1. The quantitative estimate of drug-likeness (QED) is 0.566. The molecular formula is C21H19N5O2S. The molecule has 1 aromatic carbocycles. The van der Waals surface area contributed by atoms with Crippen LogP contribution in [0.5, 0.6) is 0 Å². The van der Waals surface area contributed by atoms with E-state index in [0.29, 0.717) is 10.8 Å². The summed E-state index contributed by atoms with van der Waals surface area (Å²) in [6.45, 7) is -0.158. The number of nitrogens with zero attached hydrogens (tertiary/aromatic N) is 4. The molecule has 1 N–H and O–H groups in total. The molecule has 0 atom stereocenters. The summed E-state index contributed by atoms with van der Waals surface area (Å²) in [5.74, 6) is -0.332. The molecule has 0 saturated heterocycles. The van der Waals surface area contributed by atoms with Gasteiger partial charge < -0.3 is 5.32 Å². The van der Waals surface area contributed by atoms with Gasteiger partial charge in [0.2, 0.25) is 5.91 Å². The minimum absolute atomic E-state index is 0.158. The van der Waals surface area contributed by atoms with E-state index in [1.807, 2.05) is 5.38 Å². The van der Waals surface area contributed by atoms with Crippen molar-refractivity contribution in [2.75, 3.05) is 5.32 Å². The lowest BCUT2D eigenvalue weighted by atomic mass is 9.90. The minimum Gasteiger partial charge on any atom is -0.300 e. The Bertz CT molecular complexity index is 1270. The fourth-order valence-corrected chi connectivity index (χ4v) is 4.46. The standard InChI is InChI=1S/C21H19N5O2S/c27-19(12-26-21(28)25-10-4-3-7-18(25)24-26)23-20-22-17(13-29-20)16-9-8-14-5-1-2-6-15(14)11-16/h3-4,7-11,13H,1-2,5-6,12H2,(H,22,23,27). The third-order valence-electron chi connectivity index (χ3n) is 5.18. The number of rotatable bonds is 4. The Hall–Kier alpha value is -3.26. The Morgan fingerprint density at radius 3 is 2.86 bits per heavy atom. The van der Waals surface area contributed by atoms with Gasteiger partial charge in [0.1, 0.15) is 6.54 Å². The molecule has 4 aromatic rings. The Balaban J connectivity index is 1.31. The van der Waals surface area contributed by atoms with Crippen molar-refractivity contribution in [1.82, 2.24) is 19.2 Å². The maximum absolute atomic E-state index is 12.4. The number of aryl methyl sites for hydroxylation is 2. The number of aromatic nitrogens is 4. The molecule has 0 unspecified atom stereocenters. The highest BCUT2D eigenvalue weighted by Crippen LogP contribution is 2.29. The summed E-state index contributed by atoms with van der Waals surface area (Å²) in [6, 6.07) is 11.8. The number of fused-ring (bicyclic) bond motifs is 2. The molecule has 0 fully saturated rings. The Morgan fingerprint density at radius 1 is 1.14 bits per heavy atom. The molecule has 29 heavy (non-hydrogen) atoms. The lowest BCUT2D eigenvalue weighted by Gasteiger charge is -2.16. The summed E-state index contributed by atoms with van der Waals surface area (Å²) in [7, 11) is 0. The van der Waals surface area contributed by atoms with Crippen molar-refractivity contribution in [2.24, 2.45) is 0 Å². The van der Waals surface area contributed by atoms with Crippen LogP contribution in [0.2, 0.25) is 0 Å². The highest BCUT2D eigenvalue weighted by molar-refractivity contribution is 7.14. The maximum Gasteiger partial charge on any atom is 0.350 e. The van der Waals surface area contributed by atoms with Crippen LogP contribution in [0.1, 0.15) is 24.0 Å². The normalized spacial score (nSPS) is 13.4. The van der Waals surface area contributed by atoms with Crippen molar-refractivity contribution < 1.29 is 4.79 Å². The van der Waals surface area contributed by atoms with Gasteiger partial charge in [-0.25, -0.2) is 14.5 Å². The van der Waals surface area contributed by atoms with Gasteiger partial charge in [-0.05, 0) is 55.0 Å². The first-order chi connectivity index (χ1) is 14.2. The Kier molecular flexibility index (Phi) is 4.48. The number of pyridine rings is 1. The van der Waals surface area contributed by atoms with Crippen molar-refractivity contribution in [3.8, 4) is 11.3 Å². The van der Waals surface area contributed by atoms with Gasteiger partial charge in [-0.2, -0.15) is 0 Å². The largest absolute Gasteiger partial charge is 0.350 e. The van der Waals surface area contributed by atoms with Crippen LogP contribution in [-0.4, -0.2) is 25.1 Å². The number of hydrogen-bond acceptors (Lipinski definition) is 5. The first kappa shape index (κ1) is 17.8. The van der Waals surface area contributed by atoms with Crippen molar-refractivity contribution in [2.45, 2.75) is 32.2 Å². The summed E-state index contributed by atoms with van der Waals surface area (Å²) in [4.78, 5) is 29.2. The lowest BCUT2D eigenvalue weighted by molar-refractivity contribution is -0.117. The van der Waals surface area contributed by atoms with E-state index in [-0.39, 0.29) is 18.1 Å². The van der Waals surface area contributed by atoms with Gasteiger partial charge in [0.25, 0.3) is 0 Å². The van der Waals surface area contributed by atoms with E-state index in [9.17, 15) is 9.59 Å². The molecule has 0 radical (unpaired) electrons. The number of thiazole rings is 1. The Labute approximate surface area is 170 Å². The van der Waals surface area contributed by atoms with Crippen molar-refractivity contribution >= 4 is 28.0 Å². The molecule has 0 spiro atoms. The van der Waals surface area contributed by atoms with Crippen molar-refractivity contribution in [3.63, 3.8) is 0 Å². The molecule has 0 aliphatic heterocycles. The molecule has 146 valence electrons. The number of amides is 1. The molecular weight excluding hydrogens is 386 g/mol. The van der Waals surface area contributed by atoms with Gasteiger partial charge in [0.15, 0.2) is 10.8 Å². The second-order valence-electron chi connectivity index (χ2n) is 7.15. The molecule has 0 saturated carbocycles. The van der Waals surface area contributed by atoms with Crippen LogP contribution in [0.4, 0.5) is 5.13 Å². The highest BCUT2D eigenvalue weighted by Gasteiger charge is 2.14. The monoisotopic (exact) mass is 405 g/mol. The second-order valence-corrected chi connectivity index (χ2v) is 8.00. The molecule has 1 amide bonds. The van der Waals surface area contributed by atoms with Crippen molar-refractivity contribution in [3.05, 3.63) is 69.6 Å². The van der Waals surface area contributed by atoms with E-state index in [0.717, 1.165) is 28.8 Å². The fraction of sp³-hybridized carbons (Fsp3) is 0.238. The average molecular weight is 405 g/mol. The van der Waals surface area contributed by atoms with E-state index < -0.39 is 0 Å². The molecule has 1 aliphatic rings. The molecule has 3 aromatic heterocycles. The molecule has 1 aliphatic carbocycles. The van der Waals surface area contributed by atoms with Crippen LogP contribution in [0.25, 0.3) is 16.9 Å². The highest BCUT2D eigenvalue weighted by atomic mass is 32.1. The number of benzene rings is 1. The van der Waals surface area contributed by atoms with Crippen LogP contribution in [0.15, 0.2) is 52.8 Å². The summed E-state index contributed by atoms with van der Waals surface area (Å²) in [5.41, 5.74) is 4.92. The van der Waals surface area contributed by atoms with E-state index in [2.05, 4.69) is 33.6 Å². The maximum atomic E-state index is 12.4. The van der Waals surface area contributed by atoms with Gasteiger partial charge >= 0.3 is 5.69 Å². The molecule has 7 nitrogen and oxygen atoms in total. The van der Waals surface area contributed by atoms with Crippen LogP contribution >= 0.6 is 11.3 Å². The van der Waals surface area contributed by atoms with Gasteiger partial charge in [0.05, 0.1) is 5.69 Å². The zero-order chi connectivity index (χ0) is 19.8. The number of anilines is 1. The minimum atomic E-state index is -0.343. The average Bonchev–Trinajstić information content (AvgIpc) is 3.33. The predicted molar refractivity (Wildman–Crippen MR) is 112 cm³/mol. The number of hydrogen-bond donors (Lipinski definition) is 1. The zero-order valence-electron chi connectivity index (χ0n) is 15.7. The van der Waals surface area contributed by atoms with Gasteiger partial charge in [-0.1, -0.05) is 18.2 Å². The third-order valence-corrected chi connectivity index (χ3v) is 5.93. The fourth-order valence-electron chi connectivity index (χ4n) is 3.72. The van der Waals surface area contributed by atoms with E-state index >= 15 is 0 Å². The van der Waals surface area contributed by atoms with Gasteiger partial charge in [-0.15, -0.1) is 16.4 Å². The van der Waals surface area contributed by atoms with Crippen LogP contribution in [0, 0.1) is 0 Å². The van der Waals surface area contributed by atoms with Gasteiger partial charge in [-0.3, -0.25) is 9.20 Å². The smallest absolute Gasteiger partial charge is 0.300 e. The summed E-state index contributed by atoms with van der Waals surface area (Å²) in [5, 5.41) is 9.41. The number of carbonyl (C=O) groups is 1. The summed E-state index contributed by atoms with van der Waals surface area (Å²) in [6.07, 6.45) is 6.39. The second kappa shape index (κ2) is 7.29. The van der Waals surface area contributed by atoms with E-state index in [1.54, 1.807) is 24.4 Å². The lowest BCUT2D eigenvalue weighted by Crippen LogP contribution is -2.28. The Morgan fingerprint density at radius 2 is 2.00 bits per heavy atom. The van der Waals surface area contributed by atoms with E-state index in [1.165, 1.54) is 39.7 Å². The number of carbonyl (C=O) groups excluding carboxylic acids is 1. The zero-order valence-corrected chi connectivity index (χ0v) is 16.5. The first-order valence-electron chi connectivity index (χ1n) is 9.59. The molecule has 3 heterocycles. The first-order valence-corrected chi connectivity index (χ1v) is 10.5. The topological polar surface area (TPSA) is 81.3 Å². The van der Waals surface area contributed by atoms with E-state index in [4.69, 9.17) is 0 Å². The third kappa shape index (κ3) is 3.47. The molecule has 8 heteroatoms. The SMILES string of the molecule is O=C(Cn1nc2ccccn2c1=O)Nc1nc(-c2ccc3c(c2)CCCC3)cs1. The summed E-state index contributed by atoms with van der Waals surface area (Å²) >= 11 is 1.37. The van der Waals surface area contributed by atoms with Crippen LogP contribution in [0.3, 0.4) is 0 Å². The van der Waals surface area contributed by atoms with Gasteiger partial charge in [0, 0.05) is 17.1 Å². The molecule has 0 bridgehead atoms. The van der Waals surface area contributed by atoms with Crippen LogP contribution < -0.4 is 11.0 Å². The summed E-state index contributed by atoms with van der Waals surface area (Å²) < 4.78 is 2.56. The van der Waals surface area contributed by atoms with Crippen molar-refractivity contribution in [1.29, 1.82) is 0 Å². The van der Waals surface area contributed by atoms with Crippen LogP contribution in [-0.2, 0) is 24.2 Å².